The van der Waals surface area contributed by atoms with Crippen molar-refractivity contribution in [1.29, 1.82) is 0 Å². The van der Waals surface area contributed by atoms with Gasteiger partial charge in [-0.2, -0.15) is 13.2 Å². The van der Waals surface area contributed by atoms with Gasteiger partial charge in [0.15, 0.2) is 5.78 Å². The molecule has 1 aliphatic heterocycles. The Hall–Kier alpha value is -1.85. The summed E-state index contributed by atoms with van der Waals surface area (Å²) in [6.07, 6.45) is -2.41. The van der Waals surface area contributed by atoms with Crippen LogP contribution in [0.15, 0.2) is 12.1 Å². The van der Waals surface area contributed by atoms with Crippen molar-refractivity contribution in [2.75, 3.05) is 0 Å². The average molecular weight is 283 g/mol. The molecule has 0 radical (unpaired) electrons. The summed E-state index contributed by atoms with van der Waals surface area (Å²) in [6, 6.07) is 2.17. The molecule has 3 rings (SSSR count). The van der Waals surface area contributed by atoms with Crippen molar-refractivity contribution in [3.8, 4) is 0 Å². The highest BCUT2D eigenvalue weighted by atomic mass is 19.4. The fourth-order valence-corrected chi connectivity index (χ4v) is 2.44. The van der Waals surface area contributed by atoms with Crippen molar-refractivity contribution in [2.45, 2.75) is 32.0 Å². The zero-order valence-electron chi connectivity index (χ0n) is 10.5. The Labute approximate surface area is 113 Å². The Bertz CT molecular complexity index is 603. The smallest absolute Gasteiger partial charge is 0.348 e. The molecule has 1 heterocycles. The maximum atomic E-state index is 13.0. The summed E-state index contributed by atoms with van der Waals surface area (Å²) in [5.74, 6) is -0.578. The SMILES string of the molecule is O=C(CC1CC1)c1cc2c(c(C(F)(F)F)c1)CNC2=O. The van der Waals surface area contributed by atoms with E-state index in [-0.39, 0.29) is 35.4 Å². The van der Waals surface area contributed by atoms with Crippen LogP contribution in [-0.4, -0.2) is 11.7 Å². The van der Waals surface area contributed by atoms with Crippen LogP contribution >= 0.6 is 0 Å². The summed E-state index contributed by atoms with van der Waals surface area (Å²) in [5, 5.41) is 2.37. The summed E-state index contributed by atoms with van der Waals surface area (Å²) in [6.45, 7) is -0.139. The second-order valence-corrected chi connectivity index (χ2v) is 5.30. The Morgan fingerprint density at radius 2 is 2.00 bits per heavy atom. The van der Waals surface area contributed by atoms with Gasteiger partial charge in [0, 0.05) is 24.1 Å². The van der Waals surface area contributed by atoms with Crippen LogP contribution in [0.5, 0.6) is 0 Å². The predicted octanol–water partition coefficient (Wildman–Crippen LogP) is 2.93. The number of benzene rings is 1. The third kappa shape index (κ3) is 2.30. The lowest BCUT2D eigenvalue weighted by molar-refractivity contribution is -0.138. The number of hydrogen-bond donors (Lipinski definition) is 1. The molecule has 2 aliphatic rings. The molecule has 1 fully saturated rings. The minimum atomic E-state index is -4.56. The number of alkyl halides is 3. The Balaban J connectivity index is 2.05. The molecule has 1 saturated carbocycles. The van der Waals surface area contributed by atoms with E-state index in [1.165, 1.54) is 6.07 Å². The number of carbonyl (C=O) groups is 2. The second-order valence-electron chi connectivity index (χ2n) is 5.30. The molecule has 0 bridgehead atoms. The lowest BCUT2D eigenvalue weighted by atomic mass is 9.95. The first-order chi connectivity index (χ1) is 9.36. The molecule has 0 saturated heterocycles. The van der Waals surface area contributed by atoms with Crippen LogP contribution in [0.1, 0.15) is 51.1 Å². The fraction of sp³-hybridized carbons (Fsp3) is 0.429. The minimum Gasteiger partial charge on any atom is -0.348 e. The number of rotatable bonds is 3. The van der Waals surface area contributed by atoms with Crippen molar-refractivity contribution < 1.29 is 22.8 Å². The molecule has 0 spiro atoms. The van der Waals surface area contributed by atoms with Crippen LogP contribution in [-0.2, 0) is 12.7 Å². The lowest BCUT2D eigenvalue weighted by Gasteiger charge is -2.13. The number of carbonyl (C=O) groups excluding carboxylic acids is 2. The van der Waals surface area contributed by atoms with E-state index in [4.69, 9.17) is 0 Å². The summed E-state index contributed by atoms with van der Waals surface area (Å²) < 4.78 is 39.1. The van der Waals surface area contributed by atoms with E-state index in [2.05, 4.69) is 5.32 Å². The number of fused-ring (bicyclic) bond motifs is 1. The van der Waals surface area contributed by atoms with Crippen LogP contribution in [0, 0.1) is 5.92 Å². The molecular weight excluding hydrogens is 271 g/mol. The normalized spacial score (nSPS) is 17.9. The number of ketones is 1. The van der Waals surface area contributed by atoms with E-state index < -0.39 is 17.6 Å². The van der Waals surface area contributed by atoms with E-state index in [1.807, 2.05) is 0 Å². The molecule has 1 aromatic carbocycles. The third-order valence-electron chi connectivity index (χ3n) is 3.72. The van der Waals surface area contributed by atoms with E-state index in [0.29, 0.717) is 5.92 Å². The number of amides is 1. The maximum Gasteiger partial charge on any atom is 0.416 e. The summed E-state index contributed by atoms with van der Waals surface area (Å²) in [7, 11) is 0. The monoisotopic (exact) mass is 283 g/mol. The molecule has 1 N–H and O–H groups in total. The zero-order chi connectivity index (χ0) is 14.5. The van der Waals surface area contributed by atoms with E-state index in [9.17, 15) is 22.8 Å². The van der Waals surface area contributed by atoms with Crippen molar-refractivity contribution in [3.05, 3.63) is 34.4 Å². The van der Waals surface area contributed by atoms with Gasteiger partial charge in [-0.1, -0.05) is 0 Å². The molecule has 1 aromatic rings. The van der Waals surface area contributed by atoms with Gasteiger partial charge >= 0.3 is 6.18 Å². The topological polar surface area (TPSA) is 46.2 Å². The van der Waals surface area contributed by atoms with Crippen LogP contribution in [0.2, 0.25) is 0 Å². The largest absolute Gasteiger partial charge is 0.416 e. The maximum absolute atomic E-state index is 13.0. The molecular formula is C14H12F3NO2. The highest BCUT2D eigenvalue weighted by Crippen LogP contribution is 2.38. The molecule has 3 nitrogen and oxygen atoms in total. The van der Waals surface area contributed by atoms with Crippen molar-refractivity contribution >= 4 is 11.7 Å². The molecule has 0 atom stereocenters. The van der Waals surface area contributed by atoms with Gasteiger partial charge in [0.05, 0.1) is 5.56 Å². The van der Waals surface area contributed by atoms with Crippen LogP contribution in [0.25, 0.3) is 0 Å². The Morgan fingerprint density at radius 3 is 2.60 bits per heavy atom. The first-order valence-electron chi connectivity index (χ1n) is 6.42. The van der Waals surface area contributed by atoms with Gasteiger partial charge in [-0.15, -0.1) is 0 Å². The number of nitrogens with one attached hydrogen (secondary N) is 1. The Morgan fingerprint density at radius 1 is 1.30 bits per heavy atom. The minimum absolute atomic E-state index is 0.0139. The highest BCUT2D eigenvalue weighted by molar-refractivity contribution is 6.03. The van der Waals surface area contributed by atoms with E-state index in [0.717, 1.165) is 18.9 Å². The molecule has 0 aromatic heterocycles. The summed E-state index contributed by atoms with van der Waals surface area (Å²) in [4.78, 5) is 23.5. The quantitative estimate of drug-likeness (QED) is 0.867. The van der Waals surface area contributed by atoms with Crippen LogP contribution in [0.4, 0.5) is 13.2 Å². The molecule has 6 heteroatoms. The van der Waals surface area contributed by atoms with Crippen LogP contribution < -0.4 is 5.32 Å². The molecule has 106 valence electrons. The van der Waals surface area contributed by atoms with Crippen molar-refractivity contribution in [2.24, 2.45) is 5.92 Å². The van der Waals surface area contributed by atoms with Gasteiger partial charge < -0.3 is 5.32 Å². The van der Waals surface area contributed by atoms with Gasteiger partial charge in [-0.05, 0) is 36.5 Å². The Kier molecular flexibility index (Phi) is 2.84. The van der Waals surface area contributed by atoms with Gasteiger partial charge in [0.25, 0.3) is 5.91 Å². The van der Waals surface area contributed by atoms with Crippen molar-refractivity contribution in [3.63, 3.8) is 0 Å². The third-order valence-corrected chi connectivity index (χ3v) is 3.72. The average Bonchev–Trinajstić information content (AvgIpc) is 3.10. The van der Waals surface area contributed by atoms with Gasteiger partial charge in [0.2, 0.25) is 0 Å². The zero-order valence-corrected chi connectivity index (χ0v) is 10.5. The molecule has 20 heavy (non-hydrogen) atoms. The number of hydrogen-bond acceptors (Lipinski definition) is 2. The van der Waals surface area contributed by atoms with Gasteiger partial charge in [-0.3, -0.25) is 9.59 Å². The van der Waals surface area contributed by atoms with Crippen molar-refractivity contribution in [1.82, 2.24) is 5.32 Å². The fourth-order valence-electron chi connectivity index (χ4n) is 2.44. The van der Waals surface area contributed by atoms with E-state index in [1.54, 1.807) is 0 Å². The standard InChI is InChI=1S/C14H12F3NO2/c15-14(16,17)11-5-8(12(19)3-7-1-2-7)4-9-10(11)6-18-13(9)20/h4-5,7H,1-3,6H2,(H,18,20). The molecule has 0 unspecified atom stereocenters. The first kappa shape index (κ1) is 13.1. The summed E-state index contributed by atoms with van der Waals surface area (Å²) in [5.41, 5.74) is -0.989. The highest BCUT2D eigenvalue weighted by Gasteiger charge is 2.38. The lowest BCUT2D eigenvalue weighted by Crippen LogP contribution is -2.13. The van der Waals surface area contributed by atoms with E-state index >= 15 is 0 Å². The van der Waals surface area contributed by atoms with Gasteiger partial charge in [0.1, 0.15) is 0 Å². The van der Waals surface area contributed by atoms with Gasteiger partial charge in [-0.25, -0.2) is 0 Å². The molecule has 1 aliphatic carbocycles. The number of halogens is 3. The predicted molar refractivity (Wildman–Crippen MR) is 64.3 cm³/mol. The number of Topliss-reactive ketones (excluding diaryl/α,β-unsaturated/α-hetero) is 1. The van der Waals surface area contributed by atoms with Crippen LogP contribution in [0.3, 0.4) is 0 Å². The molecule has 1 amide bonds. The first-order valence-corrected chi connectivity index (χ1v) is 6.42. The summed E-state index contributed by atoms with van der Waals surface area (Å²) >= 11 is 0. The second kappa shape index (κ2) is 4.33.